The second kappa shape index (κ2) is 12.2. The van der Waals surface area contributed by atoms with Gasteiger partial charge in [0.25, 0.3) is 0 Å². The molecular weight excluding hydrogens is 485 g/mol. The third kappa shape index (κ3) is 7.40. The van der Waals surface area contributed by atoms with Crippen molar-refractivity contribution < 1.29 is 28.3 Å². The van der Waals surface area contributed by atoms with Crippen LogP contribution in [0.4, 0.5) is 20.6 Å². The average molecular weight is 521 g/mol. The molecule has 0 radical (unpaired) electrons. The van der Waals surface area contributed by atoms with Gasteiger partial charge in [0.1, 0.15) is 11.9 Å². The number of hydrogen-bond acceptors (Lipinski definition) is 4. The van der Waals surface area contributed by atoms with Crippen molar-refractivity contribution >= 4 is 23.4 Å². The molecule has 0 aromatic heterocycles. The second-order valence-electron chi connectivity index (χ2n) is 10.4. The van der Waals surface area contributed by atoms with Gasteiger partial charge in [-0.1, -0.05) is 48.5 Å². The summed E-state index contributed by atoms with van der Waals surface area (Å²) in [5, 5.41) is 14.7. The van der Waals surface area contributed by atoms with E-state index in [2.05, 4.69) is 24.7 Å². The first-order chi connectivity index (χ1) is 18.2. The highest BCUT2D eigenvalue weighted by molar-refractivity contribution is 5.92. The summed E-state index contributed by atoms with van der Waals surface area (Å²) in [6, 6.07) is 19.7. The maximum atomic E-state index is 13.9. The lowest BCUT2D eigenvalue weighted by Crippen LogP contribution is -2.48. The number of quaternary nitrogens is 1. The number of rotatable bonds is 8. The van der Waals surface area contributed by atoms with Gasteiger partial charge in [-0.15, -0.1) is 0 Å². The van der Waals surface area contributed by atoms with Gasteiger partial charge in [-0.05, 0) is 35.7 Å². The number of anilines is 2. The smallest absolute Gasteiger partial charge is 0.411 e. The molecule has 1 aliphatic heterocycles. The highest BCUT2D eigenvalue weighted by Crippen LogP contribution is 2.30. The molecule has 0 aliphatic carbocycles. The molecule has 0 atom stereocenters. The number of nitrogens with one attached hydrogen (secondary N) is 2. The minimum atomic E-state index is -0.569. The molecule has 2 amide bonds. The predicted octanol–water partition coefficient (Wildman–Crippen LogP) is 5.34. The Kier molecular flexibility index (Phi) is 8.76. The Morgan fingerprint density at radius 1 is 1.00 bits per heavy atom. The minimum Gasteiger partial charge on any atom is -0.446 e. The van der Waals surface area contributed by atoms with Gasteiger partial charge in [-0.25, -0.2) is 9.18 Å². The van der Waals surface area contributed by atoms with Crippen LogP contribution in [0.25, 0.3) is 11.1 Å². The van der Waals surface area contributed by atoms with Crippen molar-refractivity contribution in [1.82, 2.24) is 0 Å². The van der Waals surface area contributed by atoms with Crippen molar-refractivity contribution in [3.05, 3.63) is 83.7 Å². The zero-order chi connectivity index (χ0) is 27.1. The van der Waals surface area contributed by atoms with Gasteiger partial charge in [0, 0.05) is 36.1 Å². The number of carbonyl (C=O) groups excluding carboxylic acids is 2. The van der Waals surface area contributed by atoms with Crippen LogP contribution in [0.15, 0.2) is 66.7 Å². The molecule has 1 aliphatic rings. The quantitative estimate of drug-likeness (QED) is 0.350. The number of aliphatic hydroxyl groups is 1. The summed E-state index contributed by atoms with van der Waals surface area (Å²) in [5.74, 6) is -0.832. The van der Waals surface area contributed by atoms with Gasteiger partial charge in [0.2, 0.25) is 5.91 Å². The van der Waals surface area contributed by atoms with Gasteiger partial charge in [-0.3, -0.25) is 10.1 Å². The Labute approximate surface area is 222 Å². The van der Waals surface area contributed by atoms with E-state index in [1.54, 1.807) is 6.07 Å². The number of nitrogens with zero attached hydrogens (tertiary/aromatic N) is 1. The maximum Gasteiger partial charge on any atom is 0.411 e. The van der Waals surface area contributed by atoms with Gasteiger partial charge >= 0.3 is 6.09 Å². The van der Waals surface area contributed by atoms with Crippen molar-refractivity contribution in [3.63, 3.8) is 0 Å². The number of carbonyl (C=O) groups is 2. The number of piperidine rings is 1. The lowest BCUT2D eigenvalue weighted by Gasteiger charge is -2.36. The third-order valence-electron chi connectivity index (χ3n) is 6.94. The van der Waals surface area contributed by atoms with Crippen LogP contribution in [0.5, 0.6) is 0 Å². The van der Waals surface area contributed by atoms with Crippen LogP contribution in [0.1, 0.15) is 30.4 Å². The molecule has 4 rings (SSSR count). The molecule has 0 unspecified atom stereocenters. The molecule has 3 aromatic carbocycles. The SMILES string of the molecule is C[N+]1(C)CCC(OC(=O)Nc2cc(CCC(=O)Nc3ccc(CO)c(F)c3)ccc2-c2ccccc2)CC1. The summed E-state index contributed by atoms with van der Waals surface area (Å²) in [4.78, 5) is 25.3. The molecule has 1 fully saturated rings. The molecule has 1 saturated heterocycles. The van der Waals surface area contributed by atoms with Crippen LogP contribution in [0, 0.1) is 5.82 Å². The average Bonchev–Trinajstić information content (AvgIpc) is 2.89. The first-order valence-electron chi connectivity index (χ1n) is 12.9. The predicted molar refractivity (Wildman–Crippen MR) is 146 cm³/mol. The number of aryl methyl sites for hydroxylation is 1. The zero-order valence-electron chi connectivity index (χ0n) is 21.9. The number of likely N-dealkylation sites (tertiary alicyclic amines) is 1. The van der Waals surface area contributed by atoms with Crippen LogP contribution in [0.3, 0.4) is 0 Å². The van der Waals surface area contributed by atoms with E-state index >= 15 is 0 Å². The van der Waals surface area contributed by atoms with Crippen LogP contribution >= 0.6 is 0 Å². The summed E-state index contributed by atoms with van der Waals surface area (Å²) in [7, 11) is 4.36. The van der Waals surface area contributed by atoms with E-state index in [0.29, 0.717) is 17.8 Å². The van der Waals surface area contributed by atoms with Gasteiger partial charge < -0.3 is 19.6 Å². The standard InChI is InChI=1S/C30H34FN3O4/c1-34(2)16-14-25(15-17-34)38-30(37)33-28-18-21(8-12-26(28)22-6-4-3-5-7-22)9-13-29(36)32-24-11-10-23(20-35)27(31)19-24/h3-8,10-12,18-19,25,35H,9,13-17,20H2,1-2H3,(H-,32,33,36,37)/p+1. The fourth-order valence-electron chi connectivity index (χ4n) is 4.61. The molecular formula is C30H35FN3O4+. The Bertz CT molecular complexity index is 1270. The van der Waals surface area contributed by atoms with E-state index in [9.17, 15) is 14.0 Å². The summed E-state index contributed by atoms with van der Waals surface area (Å²) in [5.41, 5.74) is 3.81. The molecule has 8 heteroatoms. The van der Waals surface area contributed by atoms with Gasteiger partial charge in [0.05, 0.1) is 39.5 Å². The summed E-state index contributed by atoms with van der Waals surface area (Å²) in [6.07, 6.45) is 1.67. The van der Waals surface area contributed by atoms with Crippen LogP contribution in [-0.4, -0.2) is 54.9 Å². The van der Waals surface area contributed by atoms with Crippen molar-refractivity contribution in [2.24, 2.45) is 0 Å². The lowest BCUT2D eigenvalue weighted by atomic mass is 9.99. The number of amides is 2. The monoisotopic (exact) mass is 520 g/mol. The summed E-state index contributed by atoms with van der Waals surface area (Å²) >= 11 is 0. The molecule has 3 N–H and O–H groups in total. The summed E-state index contributed by atoms with van der Waals surface area (Å²) < 4.78 is 20.6. The normalized spacial score (nSPS) is 15.1. The van der Waals surface area contributed by atoms with E-state index in [-0.39, 0.29) is 24.0 Å². The Balaban J connectivity index is 1.43. The summed E-state index contributed by atoms with van der Waals surface area (Å²) in [6.45, 7) is 1.52. The van der Waals surface area contributed by atoms with E-state index in [1.165, 1.54) is 12.1 Å². The molecule has 38 heavy (non-hydrogen) atoms. The Hall–Kier alpha value is -3.75. The second-order valence-corrected chi connectivity index (χ2v) is 10.4. The number of benzene rings is 3. The highest BCUT2D eigenvalue weighted by atomic mass is 19.1. The Morgan fingerprint density at radius 3 is 2.42 bits per heavy atom. The molecule has 0 saturated carbocycles. The van der Waals surface area contributed by atoms with Crippen molar-refractivity contribution in [3.8, 4) is 11.1 Å². The third-order valence-corrected chi connectivity index (χ3v) is 6.94. The molecule has 3 aromatic rings. The van der Waals surface area contributed by atoms with Crippen molar-refractivity contribution in [2.75, 3.05) is 37.8 Å². The zero-order valence-corrected chi connectivity index (χ0v) is 21.9. The first kappa shape index (κ1) is 27.3. The molecule has 7 nitrogen and oxygen atoms in total. The van der Waals surface area contributed by atoms with Crippen molar-refractivity contribution in [1.29, 1.82) is 0 Å². The fourth-order valence-corrected chi connectivity index (χ4v) is 4.61. The van der Waals surface area contributed by atoms with Gasteiger partial charge in [0.15, 0.2) is 0 Å². The number of aliphatic hydroxyl groups excluding tert-OH is 1. The fraction of sp³-hybridized carbons (Fsp3) is 0.333. The molecule has 200 valence electrons. The number of halogens is 1. The number of hydrogen-bond donors (Lipinski definition) is 3. The lowest BCUT2D eigenvalue weighted by molar-refractivity contribution is -0.896. The van der Waals surface area contributed by atoms with Crippen LogP contribution < -0.4 is 10.6 Å². The minimum absolute atomic E-state index is 0.107. The first-order valence-corrected chi connectivity index (χ1v) is 12.9. The van der Waals surface area contributed by atoms with E-state index in [4.69, 9.17) is 9.84 Å². The maximum absolute atomic E-state index is 13.9. The number of ether oxygens (including phenoxy) is 1. The van der Waals surface area contributed by atoms with E-state index in [1.807, 2.05) is 48.5 Å². The molecule has 0 spiro atoms. The topological polar surface area (TPSA) is 87.7 Å². The molecule has 0 bridgehead atoms. The van der Waals surface area contributed by atoms with Crippen LogP contribution in [0.2, 0.25) is 0 Å². The van der Waals surface area contributed by atoms with E-state index in [0.717, 1.165) is 47.1 Å². The van der Waals surface area contributed by atoms with Gasteiger partial charge in [-0.2, -0.15) is 0 Å². The largest absolute Gasteiger partial charge is 0.446 e. The Morgan fingerprint density at radius 2 is 1.74 bits per heavy atom. The van der Waals surface area contributed by atoms with Crippen LogP contribution in [-0.2, 0) is 22.6 Å². The van der Waals surface area contributed by atoms with E-state index < -0.39 is 18.5 Å². The van der Waals surface area contributed by atoms with Crippen molar-refractivity contribution in [2.45, 2.75) is 38.4 Å². The highest BCUT2D eigenvalue weighted by Gasteiger charge is 2.28. The molecule has 1 heterocycles.